The number of alkyl halides is 6. The number of halogens is 6. The van der Waals surface area contributed by atoms with Crippen molar-refractivity contribution in [3.63, 3.8) is 0 Å². The second kappa shape index (κ2) is 21.5. The molecule has 0 fully saturated rings. The lowest BCUT2D eigenvalue weighted by atomic mass is 9.73. The zero-order chi connectivity index (χ0) is 55.6. The number of ketones is 3. The molecule has 9 aromatic rings. The van der Waals surface area contributed by atoms with E-state index in [0.717, 1.165) is 41.0 Å². The number of ether oxygens (including phenoxy) is 3. The average Bonchev–Trinajstić information content (AvgIpc) is 3.61. The molecule has 0 unspecified atom stereocenters. The van der Waals surface area contributed by atoms with Gasteiger partial charge in [-0.2, -0.15) is 34.8 Å². The van der Waals surface area contributed by atoms with Crippen LogP contribution in [-0.2, 0) is 15.5 Å². The van der Waals surface area contributed by atoms with Gasteiger partial charge < -0.3 is 14.2 Å². The minimum absolute atomic E-state index is 0.0433. The lowest BCUT2D eigenvalue weighted by molar-refractivity contribution is -0.288. The van der Waals surface area contributed by atoms with E-state index in [0.29, 0.717) is 69.1 Å². The Bertz CT molecular complexity index is 3750. The molecule has 0 spiro atoms. The van der Waals surface area contributed by atoms with Gasteiger partial charge in [0.05, 0.1) is 4.90 Å². The van der Waals surface area contributed by atoms with E-state index in [1.807, 2.05) is 19.1 Å². The van der Waals surface area contributed by atoms with Crippen molar-refractivity contribution in [1.82, 2.24) is 0 Å². The smallest absolute Gasteiger partial charge is 0.411 e. The Balaban J connectivity index is 0.840. The Morgan fingerprint density at radius 3 is 1.03 bits per heavy atom. The first-order chi connectivity index (χ1) is 37.1. The van der Waals surface area contributed by atoms with Crippen LogP contribution < -0.4 is 14.2 Å². The number of carbonyl (C=O) groups excluding carboxylic acids is 3. The topological polar surface area (TPSA) is 133 Å². The van der Waals surface area contributed by atoms with Crippen molar-refractivity contribution in [2.24, 2.45) is 0 Å². The third-order valence-electron chi connectivity index (χ3n) is 12.9. The fourth-order valence-corrected chi connectivity index (χ4v) is 9.17. The van der Waals surface area contributed by atoms with Crippen LogP contribution in [0.15, 0.2) is 217 Å². The standard InChI is InChI=1S/C62H42F6O9S/c1-38-3-6-41(7-4-38)57(69)43-13-23-49(24-14-43)75-52-29-19-47(20-30-52)60(61(63,64)65,62(66,67)68)48-21-31-53(32-22-48)76-50-25-15-44(16-26-50)58(70)42-11-9-40(10-12-42)46-8-5-39(2)56(37-46)59(71)45-17-27-51(28-18-45)77-54-33-35-55(36-34-54)78(72,73)74/h3-37H,1-2H3,(H,72,73,74). The van der Waals surface area contributed by atoms with Crippen molar-refractivity contribution >= 4 is 27.5 Å². The molecule has 9 nitrogen and oxygen atoms in total. The molecule has 9 rings (SSSR count). The molecule has 0 saturated carbocycles. The van der Waals surface area contributed by atoms with Gasteiger partial charge in [-0.05, 0) is 169 Å². The van der Waals surface area contributed by atoms with Crippen molar-refractivity contribution in [3.8, 4) is 45.6 Å². The summed E-state index contributed by atoms with van der Waals surface area (Å²) in [6, 6.07) is 49.2. The first-order valence-corrected chi connectivity index (χ1v) is 25.2. The molecule has 0 bridgehead atoms. The Labute approximate surface area is 443 Å². The Morgan fingerprint density at radius 2 is 0.679 bits per heavy atom. The van der Waals surface area contributed by atoms with Gasteiger partial charge >= 0.3 is 12.4 Å². The second-order valence-electron chi connectivity index (χ2n) is 18.1. The summed E-state index contributed by atoms with van der Waals surface area (Å²) >= 11 is 0. The number of benzene rings is 9. The minimum Gasteiger partial charge on any atom is -0.457 e. The molecule has 0 radical (unpaired) electrons. The van der Waals surface area contributed by atoms with Crippen LogP contribution >= 0.6 is 0 Å². The van der Waals surface area contributed by atoms with Crippen LogP contribution in [0.1, 0.15) is 70.0 Å². The van der Waals surface area contributed by atoms with Crippen LogP contribution in [0.2, 0.25) is 0 Å². The summed E-state index contributed by atoms with van der Waals surface area (Å²) in [5, 5.41) is 0. The summed E-state index contributed by atoms with van der Waals surface area (Å²) < 4.78 is 139. The average molecular weight is 1080 g/mol. The molecule has 0 aromatic heterocycles. The maximum atomic E-state index is 15.0. The fraction of sp³-hybridized carbons (Fsp3) is 0.0806. The van der Waals surface area contributed by atoms with Crippen LogP contribution in [0, 0.1) is 13.8 Å². The van der Waals surface area contributed by atoms with Crippen molar-refractivity contribution in [1.29, 1.82) is 0 Å². The molecule has 0 saturated heterocycles. The van der Waals surface area contributed by atoms with Gasteiger partial charge in [0.2, 0.25) is 5.41 Å². The molecular formula is C62H42F6O9S. The summed E-state index contributed by atoms with van der Waals surface area (Å²) in [7, 11) is -4.36. The molecule has 0 atom stereocenters. The molecule has 78 heavy (non-hydrogen) atoms. The number of hydrogen-bond donors (Lipinski definition) is 1. The SMILES string of the molecule is Cc1ccc(C(=O)c2ccc(Oc3ccc(C(c4ccc(Oc5ccc(C(=O)c6ccc(-c7ccc(C)c(C(=O)c8ccc(Oc9ccc(S(=O)(=O)O)cc9)cc8)c7)cc6)cc5)cc4)(C(F)(F)F)C(F)(F)F)cc3)cc2)cc1. The van der Waals surface area contributed by atoms with Gasteiger partial charge in [-0.1, -0.05) is 90.5 Å². The summed E-state index contributed by atoms with van der Waals surface area (Å²) in [5.41, 5.74) is -1.27. The van der Waals surface area contributed by atoms with Gasteiger partial charge in [0, 0.05) is 33.4 Å². The molecule has 392 valence electrons. The Morgan fingerprint density at radius 1 is 0.385 bits per heavy atom. The van der Waals surface area contributed by atoms with Crippen molar-refractivity contribution < 1.29 is 67.9 Å². The van der Waals surface area contributed by atoms with Crippen LogP contribution in [0.25, 0.3) is 11.1 Å². The van der Waals surface area contributed by atoms with Gasteiger partial charge in [0.1, 0.15) is 34.5 Å². The molecule has 0 heterocycles. The third-order valence-corrected chi connectivity index (χ3v) is 13.7. The number of carbonyl (C=O) groups is 3. The summed E-state index contributed by atoms with van der Waals surface area (Å²) in [6.07, 6.45) is -11.7. The molecule has 0 amide bonds. The monoisotopic (exact) mass is 1080 g/mol. The van der Waals surface area contributed by atoms with Crippen LogP contribution in [-0.4, -0.2) is 42.7 Å². The molecule has 0 aliphatic carbocycles. The fourth-order valence-electron chi connectivity index (χ4n) is 8.69. The van der Waals surface area contributed by atoms with Crippen LogP contribution in [0.5, 0.6) is 34.5 Å². The normalized spacial score (nSPS) is 11.9. The van der Waals surface area contributed by atoms with E-state index in [1.54, 1.807) is 85.8 Å². The van der Waals surface area contributed by atoms with Gasteiger partial charge in [-0.25, -0.2) is 0 Å². The maximum Gasteiger partial charge on any atom is 0.411 e. The van der Waals surface area contributed by atoms with Gasteiger partial charge in [-0.15, -0.1) is 0 Å². The lowest BCUT2D eigenvalue weighted by Crippen LogP contribution is -2.54. The number of aryl methyl sites for hydroxylation is 2. The van der Waals surface area contributed by atoms with E-state index < -0.39 is 39.0 Å². The van der Waals surface area contributed by atoms with Crippen molar-refractivity contribution in [3.05, 3.63) is 268 Å². The molecular weight excluding hydrogens is 1030 g/mol. The van der Waals surface area contributed by atoms with E-state index >= 15 is 26.3 Å². The van der Waals surface area contributed by atoms with E-state index in [-0.39, 0.29) is 50.8 Å². The second-order valence-corrected chi connectivity index (χ2v) is 19.5. The molecule has 16 heteroatoms. The first kappa shape index (κ1) is 53.7. The maximum absolute atomic E-state index is 15.0. The molecule has 0 aliphatic heterocycles. The van der Waals surface area contributed by atoms with E-state index in [1.165, 1.54) is 72.8 Å². The third kappa shape index (κ3) is 11.4. The van der Waals surface area contributed by atoms with E-state index in [9.17, 15) is 27.4 Å². The summed E-state index contributed by atoms with van der Waals surface area (Å²) in [4.78, 5) is 39.8. The molecule has 0 aliphatic rings. The van der Waals surface area contributed by atoms with Crippen molar-refractivity contribution in [2.45, 2.75) is 36.5 Å². The summed E-state index contributed by atoms with van der Waals surface area (Å²) in [6.45, 7) is 3.69. The molecule has 9 aromatic carbocycles. The number of hydrogen-bond acceptors (Lipinski definition) is 8. The highest BCUT2D eigenvalue weighted by Gasteiger charge is 2.72. The predicted octanol–water partition coefficient (Wildman–Crippen LogP) is 15.7. The van der Waals surface area contributed by atoms with Crippen LogP contribution in [0.4, 0.5) is 26.3 Å². The highest BCUT2D eigenvalue weighted by Crippen LogP contribution is 2.56. The predicted molar refractivity (Wildman–Crippen MR) is 280 cm³/mol. The van der Waals surface area contributed by atoms with E-state index in [4.69, 9.17) is 14.2 Å². The quantitative estimate of drug-likeness (QED) is 0.0570. The van der Waals surface area contributed by atoms with Gasteiger partial charge in [0.15, 0.2) is 17.3 Å². The zero-order valence-electron chi connectivity index (χ0n) is 41.1. The zero-order valence-corrected chi connectivity index (χ0v) is 41.9. The number of rotatable bonds is 16. The first-order valence-electron chi connectivity index (χ1n) is 23.8. The largest absolute Gasteiger partial charge is 0.457 e. The van der Waals surface area contributed by atoms with Crippen LogP contribution in [0.3, 0.4) is 0 Å². The van der Waals surface area contributed by atoms with Gasteiger partial charge in [-0.3, -0.25) is 18.9 Å². The Kier molecular flexibility index (Phi) is 14.8. The van der Waals surface area contributed by atoms with Crippen molar-refractivity contribution in [2.75, 3.05) is 0 Å². The highest BCUT2D eigenvalue weighted by molar-refractivity contribution is 7.85. The highest BCUT2D eigenvalue weighted by atomic mass is 32.2. The molecule has 1 N–H and O–H groups in total. The summed E-state index contributed by atoms with van der Waals surface area (Å²) in [5.74, 6) is 0.0843. The minimum atomic E-state index is -5.85. The van der Waals surface area contributed by atoms with Gasteiger partial charge in [0.25, 0.3) is 10.1 Å². The van der Waals surface area contributed by atoms with E-state index in [2.05, 4.69) is 0 Å². The lowest BCUT2D eigenvalue weighted by Gasteiger charge is -2.38. The Hall–Kier alpha value is -9.12.